The summed E-state index contributed by atoms with van der Waals surface area (Å²) in [7, 11) is 1.81. The Morgan fingerprint density at radius 3 is 2.83 bits per heavy atom. The summed E-state index contributed by atoms with van der Waals surface area (Å²) in [5, 5.41) is 13.5. The number of nitrogens with one attached hydrogen (secondary N) is 2. The molecule has 7 heteroatoms. The van der Waals surface area contributed by atoms with Gasteiger partial charge in [0.25, 0.3) is 5.91 Å². The smallest absolute Gasteiger partial charge is 0.279 e. The van der Waals surface area contributed by atoms with Crippen LogP contribution in [0, 0.1) is 6.92 Å². The lowest BCUT2D eigenvalue weighted by molar-refractivity contribution is 0.102. The lowest BCUT2D eigenvalue weighted by Gasteiger charge is -1.99. The first-order valence-corrected chi connectivity index (χ1v) is 5.67. The van der Waals surface area contributed by atoms with Crippen molar-refractivity contribution in [3.05, 3.63) is 23.1 Å². The highest BCUT2D eigenvalue weighted by Gasteiger charge is 2.17. The van der Waals surface area contributed by atoms with E-state index in [1.54, 1.807) is 10.7 Å². The van der Waals surface area contributed by atoms with Crippen molar-refractivity contribution in [2.75, 3.05) is 11.1 Å². The van der Waals surface area contributed by atoms with E-state index in [4.69, 9.17) is 5.73 Å². The average Bonchev–Trinajstić information content (AvgIpc) is 2.83. The van der Waals surface area contributed by atoms with Crippen molar-refractivity contribution >= 4 is 17.4 Å². The molecule has 0 fully saturated rings. The van der Waals surface area contributed by atoms with Crippen LogP contribution in [0.25, 0.3) is 0 Å². The SMILES string of the molecule is CCc1[nH]nc(C(=O)Nc2cc(C)n(C)n2)c1N. The van der Waals surface area contributed by atoms with Crippen molar-refractivity contribution in [2.24, 2.45) is 7.05 Å². The van der Waals surface area contributed by atoms with Crippen LogP contribution in [-0.2, 0) is 13.5 Å². The van der Waals surface area contributed by atoms with E-state index in [9.17, 15) is 4.79 Å². The molecule has 1 amide bonds. The van der Waals surface area contributed by atoms with Gasteiger partial charge in [0.05, 0.1) is 11.4 Å². The molecule has 0 radical (unpaired) electrons. The van der Waals surface area contributed by atoms with Crippen LogP contribution < -0.4 is 11.1 Å². The standard InChI is InChI=1S/C11H16N6O/c1-4-7-9(12)10(15-14-7)11(18)13-8-5-6(2)17(3)16-8/h5H,4,12H2,1-3H3,(H,14,15)(H,13,16,18). The van der Waals surface area contributed by atoms with Crippen molar-refractivity contribution in [2.45, 2.75) is 20.3 Å². The van der Waals surface area contributed by atoms with Gasteiger partial charge in [0.2, 0.25) is 0 Å². The minimum absolute atomic E-state index is 0.204. The fourth-order valence-electron chi connectivity index (χ4n) is 1.63. The summed E-state index contributed by atoms with van der Waals surface area (Å²) < 4.78 is 1.68. The Hall–Kier alpha value is -2.31. The normalized spacial score (nSPS) is 10.6. The maximum Gasteiger partial charge on any atom is 0.279 e. The molecule has 0 aliphatic carbocycles. The Bertz CT molecular complexity index is 563. The Balaban J connectivity index is 2.19. The zero-order valence-corrected chi connectivity index (χ0v) is 10.6. The monoisotopic (exact) mass is 248 g/mol. The maximum absolute atomic E-state index is 12.0. The number of H-pyrrole nitrogens is 1. The number of hydrogen-bond acceptors (Lipinski definition) is 4. The Morgan fingerprint density at radius 2 is 2.33 bits per heavy atom. The second-order valence-corrected chi connectivity index (χ2v) is 4.07. The number of aromatic nitrogens is 4. The van der Waals surface area contributed by atoms with Crippen molar-refractivity contribution in [3.63, 3.8) is 0 Å². The molecule has 2 aromatic rings. The van der Waals surface area contributed by atoms with Crippen LogP contribution in [0.2, 0.25) is 0 Å². The van der Waals surface area contributed by atoms with Gasteiger partial charge < -0.3 is 11.1 Å². The van der Waals surface area contributed by atoms with Gasteiger partial charge in [-0.15, -0.1) is 0 Å². The number of aromatic amines is 1. The predicted molar refractivity (Wildman–Crippen MR) is 68.3 cm³/mol. The first-order valence-electron chi connectivity index (χ1n) is 5.67. The minimum atomic E-state index is -0.360. The molecule has 2 aromatic heterocycles. The maximum atomic E-state index is 12.0. The predicted octanol–water partition coefficient (Wildman–Crippen LogP) is 0.849. The van der Waals surface area contributed by atoms with E-state index in [0.29, 0.717) is 17.9 Å². The quantitative estimate of drug-likeness (QED) is 0.749. The lowest BCUT2D eigenvalue weighted by atomic mass is 10.2. The van der Waals surface area contributed by atoms with Crippen molar-refractivity contribution < 1.29 is 4.79 Å². The Kier molecular flexibility index (Phi) is 3.05. The van der Waals surface area contributed by atoms with Crippen molar-refractivity contribution in [1.29, 1.82) is 0 Å². The number of nitrogens with zero attached hydrogens (tertiary/aromatic N) is 3. The highest BCUT2D eigenvalue weighted by Crippen LogP contribution is 2.16. The number of carbonyl (C=O) groups excluding carboxylic acids is 1. The molecule has 0 bridgehead atoms. The number of nitrogen functional groups attached to an aromatic ring is 1. The molecule has 0 aliphatic rings. The van der Waals surface area contributed by atoms with Gasteiger partial charge in [-0.2, -0.15) is 10.2 Å². The molecule has 18 heavy (non-hydrogen) atoms. The number of rotatable bonds is 3. The first-order chi connectivity index (χ1) is 8.52. The summed E-state index contributed by atoms with van der Waals surface area (Å²) >= 11 is 0. The molecular formula is C11H16N6O. The van der Waals surface area contributed by atoms with Gasteiger partial charge in [-0.1, -0.05) is 6.92 Å². The second kappa shape index (κ2) is 4.52. The number of anilines is 2. The van der Waals surface area contributed by atoms with E-state index in [1.807, 2.05) is 20.9 Å². The Morgan fingerprint density at radius 1 is 1.61 bits per heavy atom. The van der Waals surface area contributed by atoms with Gasteiger partial charge in [-0.3, -0.25) is 14.6 Å². The highest BCUT2D eigenvalue weighted by molar-refractivity contribution is 6.06. The molecule has 0 unspecified atom stereocenters. The van der Waals surface area contributed by atoms with Crippen LogP contribution in [0.1, 0.15) is 28.8 Å². The third-order valence-electron chi connectivity index (χ3n) is 2.81. The summed E-state index contributed by atoms with van der Waals surface area (Å²) in [6.45, 7) is 3.84. The number of nitrogens with two attached hydrogens (primary N) is 1. The number of amides is 1. The largest absolute Gasteiger partial charge is 0.395 e. The highest BCUT2D eigenvalue weighted by atomic mass is 16.2. The van der Waals surface area contributed by atoms with Crippen LogP contribution in [0.15, 0.2) is 6.07 Å². The summed E-state index contributed by atoms with van der Waals surface area (Å²) in [4.78, 5) is 12.0. The summed E-state index contributed by atoms with van der Waals surface area (Å²) in [6, 6.07) is 1.78. The molecule has 0 aliphatic heterocycles. The zero-order chi connectivity index (χ0) is 13.3. The molecule has 0 saturated heterocycles. The van der Waals surface area contributed by atoms with E-state index in [1.165, 1.54) is 0 Å². The van der Waals surface area contributed by atoms with Gasteiger partial charge in [0.1, 0.15) is 0 Å². The molecular weight excluding hydrogens is 232 g/mol. The number of hydrogen-bond donors (Lipinski definition) is 3. The number of aryl methyl sites for hydroxylation is 3. The molecule has 2 heterocycles. The Labute approximate surface area is 104 Å². The minimum Gasteiger partial charge on any atom is -0.395 e. The third kappa shape index (κ3) is 2.06. The average molecular weight is 248 g/mol. The lowest BCUT2D eigenvalue weighted by Crippen LogP contribution is -2.14. The van der Waals surface area contributed by atoms with Crippen molar-refractivity contribution in [1.82, 2.24) is 20.0 Å². The fraction of sp³-hybridized carbons (Fsp3) is 0.364. The van der Waals surface area contributed by atoms with E-state index in [2.05, 4.69) is 20.6 Å². The molecule has 0 atom stereocenters. The van der Waals surface area contributed by atoms with Crippen LogP contribution in [-0.4, -0.2) is 25.9 Å². The third-order valence-corrected chi connectivity index (χ3v) is 2.81. The molecule has 0 aromatic carbocycles. The molecule has 96 valence electrons. The van der Waals surface area contributed by atoms with E-state index in [-0.39, 0.29) is 11.6 Å². The van der Waals surface area contributed by atoms with Crippen molar-refractivity contribution in [3.8, 4) is 0 Å². The zero-order valence-electron chi connectivity index (χ0n) is 10.6. The topological polar surface area (TPSA) is 102 Å². The van der Waals surface area contributed by atoms with E-state index < -0.39 is 0 Å². The van der Waals surface area contributed by atoms with Crippen LogP contribution in [0.5, 0.6) is 0 Å². The van der Waals surface area contributed by atoms with Gasteiger partial charge in [-0.25, -0.2) is 0 Å². The molecule has 7 nitrogen and oxygen atoms in total. The number of carbonyl (C=O) groups is 1. The van der Waals surface area contributed by atoms with Crippen LogP contribution in [0.4, 0.5) is 11.5 Å². The van der Waals surface area contributed by atoms with Gasteiger partial charge in [0.15, 0.2) is 11.5 Å². The second-order valence-electron chi connectivity index (χ2n) is 4.07. The van der Waals surface area contributed by atoms with Gasteiger partial charge in [0, 0.05) is 18.8 Å². The van der Waals surface area contributed by atoms with Crippen LogP contribution >= 0.6 is 0 Å². The first kappa shape index (κ1) is 12.2. The summed E-state index contributed by atoms with van der Waals surface area (Å²) in [6.07, 6.45) is 0.703. The fourth-order valence-corrected chi connectivity index (χ4v) is 1.63. The van der Waals surface area contributed by atoms with E-state index >= 15 is 0 Å². The van der Waals surface area contributed by atoms with Gasteiger partial charge in [-0.05, 0) is 13.3 Å². The van der Waals surface area contributed by atoms with E-state index in [0.717, 1.165) is 11.4 Å². The summed E-state index contributed by atoms with van der Waals surface area (Å²) in [5.41, 5.74) is 8.13. The molecule has 2 rings (SSSR count). The molecule has 0 spiro atoms. The van der Waals surface area contributed by atoms with Gasteiger partial charge >= 0.3 is 0 Å². The molecule has 4 N–H and O–H groups in total. The molecule has 0 saturated carbocycles. The summed E-state index contributed by atoms with van der Waals surface area (Å²) in [5.74, 6) is 0.127. The van der Waals surface area contributed by atoms with Crippen LogP contribution in [0.3, 0.4) is 0 Å².